The summed E-state index contributed by atoms with van der Waals surface area (Å²) in [7, 11) is -2.57. The van der Waals surface area contributed by atoms with E-state index in [9.17, 15) is 51.5 Å². The first-order valence-corrected chi connectivity index (χ1v) is 22.1. The van der Waals surface area contributed by atoms with E-state index in [1.807, 2.05) is 5.32 Å². The van der Waals surface area contributed by atoms with Crippen LogP contribution in [0.5, 0.6) is 16.7 Å². The van der Waals surface area contributed by atoms with Crippen molar-refractivity contribution in [1.29, 1.82) is 0 Å². The summed E-state index contributed by atoms with van der Waals surface area (Å²) in [6, 6.07) is 13.4. The van der Waals surface area contributed by atoms with Gasteiger partial charge in [-0.15, -0.1) is 5.10 Å². The largest absolute Gasteiger partial charge is 0.778 e. The quantitative estimate of drug-likeness (QED) is 0.0317. The number of amides is 1. The van der Waals surface area contributed by atoms with Gasteiger partial charge in [-0.1, -0.05) is 39.6 Å². The third-order valence-electron chi connectivity index (χ3n) is 6.14. The Morgan fingerprint density at radius 1 is 1.05 bits per heavy atom. The maximum absolute atomic E-state index is 13.0. The summed E-state index contributed by atoms with van der Waals surface area (Å²) in [4.78, 5) is 63.3. The van der Waals surface area contributed by atoms with E-state index < -0.39 is 66.8 Å². The van der Waals surface area contributed by atoms with Crippen LogP contribution in [0.3, 0.4) is 0 Å². The van der Waals surface area contributed by atoms with Gasteiger partial charge in [0.15, 0.2) is 6.61 Å². The van der Waals surface area contributed by atoms with Crippen molar-refractivity contribution in [2.75, 3.05) is 50.2 Å². The fraction of sp³-hybridized carbons (Fsp3) is 0.324. The van der Waals surface area contributed by atoms with Crippen LogP contribution in [0.4, 0.5) is 28.9 Å². The number of hydrogen-bond acceptors (Lipinski definition) is 14. The number of ether oxygens (including phenoxy) is 3. The lowest BCUT2D eigenvalue weighted by atomic mass is 10.1. The number of carbonyl (C=O) groups is 3. The first kappa shape index (κ1) is 53.4. The van der Waals surface area contributed by atoms with Crippen molar-refractivity contribution in [2.24, 2.45) is 0 Å². The minimum Gasteiger partial charge on any atom is -0.778 e. The number of carboxylic acids is 1. The number of nitrogens with zero attached hydrogens (tertiary/aromatic N) is 4. The van der Waals surface area contributed by atoms with Gasteiger partial charge in [-0.3, -0.25) is 25.0 Å². The van der Waals surface area contributed by atoms with Crippen molar-refractivity contribution in [3.05, 3.63) is 97.2 Å². The van der Waals surface area contributed by atoms with Crippen molar-refractivity contribution < 1.29 is 70.5 Å². The van der Waals surface area contributed by atoms with E-state index in [4.69, 9.17) is 42.7 Å². The van der Waals surface area contributed by atoms with E-state index in [1.54, 1.807) is 26.0 Å². The third-order valence-corrected chi connectivity index (χ3v) is 8.17. The Labute approximate surface area is 357 Å². The zero-order chi connectivity index (χ0) is 46.0. The molecular weight excluding hydrogens is 912 g/mol. The number of nitro groups is 1. The first-order chi connectivity index (χ1) is 27.7. The van der Waals surface area contributed by atoms with E-state index in [1.165, 1.54) is 47.4 Å². The monoisotopic (exact) mass is 949 g/mol. The number of aliphatic carboxylic acids is 1. The lowest BCUT2D eigenvalue weighted by Crippen LogP contribution is -2.40. The van der Waals surface area contributed by atoms with Crippen molar-refractivity contribution in [2.45, 2.75) is 26.1 Å². The number of rotatable bonds is 13. The molecule has 0 aliphatic heterocycles. The lowest BCUT2D eigenvalue weighted by Gasteiger charge is -2.26. The number of benzene rings is 3. The SMILES string of the molecule is CC(C)N(C(=O)COc1nnc(C(F)(F)F)s1)c1ccc(F)cc1.COC(=O)c1cc(Oc2ccc(Cl)cc2Cl)ccc1[N+](=O)[O-].C[S+](C)C.O=C(O)CNCP(=O)([O-])O. The molecule has 4 rings (SSSR count). The zero-order valence-corrected chi connectivity index (χ0v) is 36.3. The standard InChI is InChI=1S/C14H9Cl2NO5.C14H13F4N3O2S.C3H8NO5P.C3H9S/c1-21-14(18)10-7-9(3-4-12(10)17(19)20)22-13-5-2-8(15)6-11(13)16;1-8(2)21(10-5-3-9(15)4-6-10)11(22)7-23-13-20-19-12(24-13)14(16,17)18;5-3(6)1-4-2-10(7,8)9;1-4(2)3/h2-7H,1H3;3-6,8H,7H2,1-2H3;4H,1-2H2,(H,5,6)(H2,7,8,9);1-3H3/q;;;+1/p-1. The molecule has 1 aromatic heterocycles. The molecule has 0 aliphatic rings. The van der Waals surface area contributed by atoms with Gasteiger partial charge in [0.1, 0.15) is 30.5 Å². The molecule has 3 aromatic carbocycles. The minimum atomic E-state index is -4.61. The smallest absolute Gasteiger partial charge is 0.445 e. The highest BCUT2D eigenvalue weighted by atomic mass is 35.5. The van der Waals surface area contributed by atoms with Crippen molar-refractivity contribution in [3.63, 3.8) is 0 Å². The number of halogens is 6. The number of aromatic nitrogens is 2. The minimum absolute atomic E-state index is 0.204. The van der Waals surface area contributed by atoms with Gasteiger partial charge < -0.3 is 38.6 Å². The average Bonchev–Trinajstić information content (AvgIpc) is 3.62. The molecule has 26 heteroatoms. The van der Waals surface area contributed by atoms with E-state index in [-0.39, 0.29) is 44.6 Å². The second-order valence-corrected chi connectivity index (χ2v) is 17.8. The molecule has 330 valence electrons. The van der Waals surface area contributed by atoms with Crippen LogP contribution < -0.4 is 24.6 Å². The first-order valence-electron chi connectivity index (χ1n) is 16.3. The van der Waals surface area contributed by atoms with Crippen molar-refractivity contribution in [1.82, 2.24) is 15.5 Å². The average molecular weight is 951 g/mol. The maximum atomic E-state index is 13.0. The van der Waals surface area contributed by atoms with Gasteiger partial charge in [0, 0.05) is 28.9 Å². The zero-order valence-electron chi connectivity index (χ0n) is 32.3. The number of hydrogen-bond donors (Lipinski definition) is 3. The van der Waals surface area contributed by atoms with Crippen LogP contribution in [0.2, 0.25) is 10.0 Å². The molecule has 1 atom stereocenters. The van der Waals surface area contributed by atoms with Crippen LogP contribution in [0.15, 0.2) is 60.7 Å². The summed E-state index contributed by atoms with van der Waals surface area (Å²) in [5, 5.41) is 26.3. The molecule has 0 fully saturated rings. The summed E-state index contributed by atoms with van der Waals surface area (Å²) < 4.78 is 75.3. The molecule has 0 aliphatic carbocycles. The van der Waals surface area contributed by atoms with Gasteiger partial charge in [-0.05, 0) is 73.3 Å². The highest BCUT2D eigenvalue weighted by Crippen LogP contribution is 2.35. The Kier molecular flexibility index (Phi) is 22.5. The van der Waals surface area contributed by atoms with Gasteiger partial charge in [0.25, 0.3) is 16.8 Å². The molecule has 0 spiro atoms. The van der Waals surface area contributed by atoms with Crippen molar-refractivity contribution in [3.8, 4) is 16.7 Å². The lowest BCUT2D eigenvalue weighted by molar-refractivity contribution is -0.385. The van der Waals surface area contributed by atoms with E-state index in [0.29, 0.717) is 27.4 Å². The second kappa shape index (κ2) is 25.2. The molecule has 0 saturated heterocycles. The number of nitrogens with one attached hydrogen (secondary N) is 1. The Morgan fingerprint density at radius 3 is 2.12 bits per heavy atom. The summed E-state index contributed by atoms with van der Waals surface area (Å²) >= 11 is 12.0. The van der Waals surface area contributed by atoms with Gasteiger partial charge in [0.05, 0.1) is 48.7 Å². The summed E-state index contributed by atoms with van der Waals surface area (Å²) in [5.41, 5.74) is -0.135. The maximum Gasteiger partial charge on any atom is 0.445 e. The normalized spacial score (nSPS) is 11.7. The predicted octanol–water partition coefficient (Wildman–Crippen LogP) is 6.65. The number of carbonyl (C=O) groups excluding carboxylic acids is 2. The van der Waals surface area contributed by atoms with E-state index in [0.717, 1.165) is 13.2 Å². The summed E-state index contributed by atoms with van der Waals surface area (Å²) in [5.74, 6) is -2.45. The molecule has 0 radical (unpaired) electrons. The predicted molar refractivity (Wildman–Crippen MR) is 216 cm³/mol. The van der Waals surface area contributed by atoms with Crippen LogP contribution in [0.25, 0.3) is 0 Å². The number of esters is 1. The van der Waals surface area contributed by atoms with Crippen LogP contribution in [-0.4, -0.2) is 94.3 Å². The van der Waals surface area contributed by atoms with Gasteiger partial charge in [-0.25, -0.2) is 9.18 Å². The molecular formula is C34H38Cl2F4N5O12PS2. The van der Waals surface area contributed by atoms with Gasteiger partial charge in [0.2, 0.25) is 5.01 Å². The molecule has 4 aromatic rings. The number of carboxylic acid groups (broad SMARTS) is 1. The molecule has 17 nitrogen and oxygen atoms in total. The van der Waals surface area contributed by atoms with E-state index >= 15 is 0 Å². The Morgan fingerprint density at radius 2 is 1.65 bits per heavy atom. The number of nitro benzene ring substituents is 1. The highest BCUT2D eigenvalue weighted by molar-refractivity contribution is 7.94. The Bertz CT molecular complexity index is 2090. The molecule has 0 bridgehead atoms. The third kappa shape index (κ3) is 20.6. The Balaban J connectivity index is 0.000000460. The molecule has 1 unspecified atom stereocenters. The highest BCUT2D eigenvalue weighted by Gasteiger charge is 2.36. The Hall–Kier alpha value is -4.61. The number of methoxy groups -OCH3 is 1. The van der Waals surface area contributed by atoms with Crippen LogP contribution in [0.1, 0.15) is 29.2 Å². The fourth-order valence-electron chi connectivity index (χ4n) is 3.91. The fourth-order valence-corrected chi connectivity index (χ4v) is 5.31. The van der Waals surface area contributed by atoms with E-state index in [2.05, 4.69) is 33.7 Å². The molecule has 1 amide bonds. The topological polar surface area (TPSA) is 244 Å². The molecule has 60 heavy (non-hydrogen) atoms. The molecule has 0 saturated carbocycles. The summed E-state index contributed by atoms with van der Waals surface area (Å²) in [6.07, 6.45) is 1.26. The van der Waals surface area contributed by atoms with Crippen LogP contribution >= 0.6 is 42.1 Å². The number of alkyl halides is 3. The van der Waals surface area contributed by atoms with Crippen LogP contribution in [-0.2, 0) is 36.0 Å². The van der Waals surface area contributed by atoms with Gasteiger partial charge >= 0.3 is 18.1 Å². The molecule has 1 heterocycles. The van der Waals surface area contributed by atoms with Gasteiger partial charge in [-0.2, -0.15) is 13.2 Å². The van der Waals surface area contributed by atoms with Crippen LogP contribution in [0, 0.1) is 15.9 Å². The second-order valence-electron chi connectivity index (χ2n) is 11.9. The van der Waals surface area contributed by atoms with Crippen molar-refractivity contribution >= 4 is 82.2 Å². The summed E-state index contributed by atoms with van der Waals surface area (Å²) in [6.45, 7) is 2.50. The molecule has 3 N–H and O–H groups in total. The number of anilines is 1.